The van der Waals surface area contributed by atoms with Crippen LogP contribution in [0.1, 0.15) is 85.5 Å². The fraction of sp³-hybridized carbons (Fsp3) is 0.946. The van der Waals surface area contributed by atoms with Crippen LogP contribution in [0.15, 0.2) is 11.6 Å². The average molecular weight is 616 g/mol. The molecule has 12 atom stereocenters. The Kier molecular flexibility index (Phi) is 8.85. The van der Waals surface area contributed by atoms with Crippen molar-refractivity contribution in [1.29, 1.82) is 0 Å². The number of ether oxygens (including phenoxy) is 5. The van der Waals surface area contributed by atoms with Gasteiger partial charge in [-0.2, -0.15) is 0 Å². The maximum absolute atomic E-state index is 10.5. The van der Waals surface area contributed by atoms with Crippen LogP contribution in [0.2, 0.25) is 0 Å². The van der Waals surface area contributed by atoms with E-state index in [1.807, 2.05) is 0 Å². The highest BCUT2D eigenvalue weighted by Crippen LogP contribution is 2.87. The number of likely N-dealkylation sites (tertiary alicyclic amines) is 1. The Labute approximate surface area is 266 Å². The smallest absolute Gasteiger partial charge is 0.0787 e. The molecule has 5 aliphatic carbocycles. The van der Waals surface area contributed by atoms with Gasteiger partial charge in [-0.1, -0.05) is 39.3 Å². The number of rotatable bonds is 12. The largest absolute Gasteiger partial charge is 0.393 e. The number of aliphatic hydroxyl groups excluding tert-OH is 1. The zero-order valence-electron chi connectivity index (χ0n) is 28.4. The van der Waals surface area contributed by atoms with E-state index in [9.17, 15) is 5.11 Å². The maximum Gasteiger partial charge on any atom is 0.0787 e. The minimum atomic E-state index is -0.126. The first-order valence-electron chi connectivity index (χ1n) is 18.2. The summed E-state index contributed by atoms with van der Waals surface area (Å²) in [6.45, 7) is 16.7. The van der Waals surface area contributed by atoms with Crippen LogP contribution in [0.25, 0.3) is 0 Å². The summed E-state index contributed by atoms with van der Waals surface area (Å²) >= 11 is 0. The molecule has 7 heteroatoms. The molecule has 0 aromatic carbocycles. The monoisotopic (exact) mass is 615 g/mol. The Balaban J connectivity index is 0.979. The summed E-state index contributed by atoms with van der Waals surface area (Å²) in [7, 11) is 1.69. The van der Waals surface area contributed by atoms with Gasteiger partial charge in [0.25, 0.3) is 0 Å². The molecule has 7 aliphatic rings. The third kappa shape index (κ3) is 4.92. The molecule has 0 amide bonds. The molecule has 44 heavy (non-hydrogen) atoms. The molecule has 4 saturated carbocycles. The molecule has 7 rings (SSSR count). The molecule has 1 N–H and O–H groups in total. The predicted octanol–water partition coefficient (Wildman–Crippen LogP) is 5.49. The highest BCUT2D eigenvalue weighted by molar-refractivity contribution is 5.36. The number of aliphatic hydroxyl groups is 1. The minimum absolute atomic E-state index is 0.00851. The highest BCUT2D eigenvalue weighted by atomic mass is 16.6. The topological polar surface area (TPSA) is 69.6 Å². The fourth-order valence-corrected chi connectivity index (χ4v) is 12.6. The van der Waals surface area contributed by atoms with Gasteiger partial charge >= 0.3 is 0 Å². The molecule has 0 aromatic heterocycles. The molecule has 3 unspecified atom stereocenters. The summed E-state index contributed by atoms with van der Waals surface area (Å²) in [4.78, 5) is 2.74. The second-order valence-electron chi connectivity index (χ2n) is 16.6. The number of nitrogens with zero attached hydrogens (tertiary/aromatic N) is 1. The van der Waals surface area contributed by atoms with Gasteiger partial charge in [-0.25, -0.2) is 0 Å². The van der Waals surface area contributed by atoms with Crippen molar-refractivity contribution in [2.45, 2.75) is 109 Å². The lowest BCUT2D eigenvalue weighted by atomic mass is 9.56. The van der Waals surface area contributed by atoms with Crippen LogP contribution >= 0.6 is 0 Å². The van der Waals surface area contributed by atoms with E-state index in [1.54, 1.807) is 12.7 Å². The van der Waals surface area contributed by atoms with Gasteiger partial charge in [0, 0.05) is 37.6 Å². The van der Waals surface area contributed by atoms with Gasteiger partial charge in [-0.3, -0.25) is 4.90 Å². The van der Waals surface area contributed by atoms with Gasteiger partial charge in [0.2, 0.25) is 0 Å². The van der Waals surface area contributed by atoms with Gasteiger partial charge in [-0.05, 0) is 92.3 Å². The molecule has 2 aliphatic heterocycles. The lowest BCUT2D eigenvalue weighted by Gasteiger charge is -2.50. The predicted molar refractivity (Wildman–Crippen MR) is 170 cm³/mol. The van der Waals surface area contributed by atoms with Crippen molar-refractivity contribution in [1.82, 2.24) is 4.90 Å². The Morgan fingerprint density at radius 3 is 2.43 bits per heavy atom. The Bertz CT molecular complexity index is 1070. The molecule has 0 radical (unpaired) electrons. The molecule has 0 aromatic rings. The van der Waals surface area contributed by atoms with Gasteiger partial charge in [0.15, 0.2) is 0 Å². The number of methoxy groups -OCH3 is 1. The van der Waals surface area contributed by atoms with Gasteiger partial charge in [0.05, 0.1) is 64.1 Å². The van der Waals surface area contributed by atoms with Crippen LogP contribution in [0.5, 0.6) is 0 Å². The van der Waals surface area contributed by atoms with Crippen LogP contribution in [-0.4, -0.2) is 100 Å². The van der Waals surface area contributed by atoms with Gasteiger partial charge in [-0.15, -0.1) is 0 Å². The third-order valence-electron chi connectivity index (χ3n) is 14.7. The molecule has 2 saturated heterocycles. The standard InChI is InChI=1S/C37H61NO6/c1-25-20-32-33(38(23-25)12-13-41-16-17-43-19-18-42-15-14-40-5)26(2)37(44-32)11-9-30-29-7-6-27-21-28(39)8-10-34(27,3)31(29)22-36(30)24-35(36,37)4/h6,25-26,28-33,39H,7-24H2,1-5H3/t25-,26+,28-,29-,30-,31-,32+,33-,34-,35?,36?,37?/m0/s1. The van der Waals surface area contributed by atoms with Crippen LogP contribution in [-0.2, 0) is 23.7 Å². The van der Waals surface area contributed by atoms with E-state index in [0.717, 1.165) is 50.3 Å². The van der Waals surface area contributed by atoms with Crippen molar-refractivity contribution in [3.05, 3.63) is 11.6 Å². The second kappa shape index (κ2) is 12.2. The Hall–Kier alpha value is -0.540. The Morgan fingerprint density at radius 2 is 1.68 bits per heavy atom. The number of hydrogen-bond donors (Lipinski definition) is 1. The number of hydrogen-bond acceptors (Lipinski definition) is 7. The highest BCUT2D eigenvalue weighted by Gasteiger charge is 2.84. The van der Waals surface area contributed by atoms with Crippen LogP contribution in [0.4, 0.5) is 0 Å². The summed E-state index contributed by atoms with van der Waals surface area (Å²) in [5.74, 6) is 3.67. The summed E-state index contributed by atoms with van der Waals surface area (Å²) < 4.78 is 29.7. The number of piperidine rings is 1. The minimum Gasteiger partial charge on any atom is -0.393 e. The molecule has 2 spiro atoms. The fourth-order valence-electron chi connectivity index (χ4n) is 12.6. The quantitative estimate of drug-likeness (QED) is 0.230. The van der Waals surface area contributed by atoms with Crippen LogP contribution < -0.4 is 0 Å². The Morgan fingerprint density at radius 1 is 0.955 bits per heavy atom. The molecule has 250 valence electrons. The third-order valence-corrected chi connectivity index (χ3v) is 14.7. The summed E-state index contributed by atoms with van der Waals surface area (Å²) in [5.41, 5.74) is 2.65. The van der Waals surface area contributed by atoms with E-state index < -0.39 is 0 Å². The summed E-state index contributed by atoms with van der Waals surface area (Å²) in [6.07, 6.45) is 13.7. The zero-order chi connectivity index (χ0) is 30.7. The van der Waals surface area contributed by atoms with E-state index in [1.165, 1.54) is 44.9 Å². The molecule has 7 nitrogen and oxygen atoms in total. The molecular formula is C37H61NO6. The molecule has 6 fully saturated rings. The normalized spacial score (nSPS) is 49.2. The first kappa shape index (κ1) is 32.0. The van der Waals surface area contributed by atoms with E-state index in [0.29, 0.717) is 74.5 Å². The van der Waals surface area contributed by atoms with Crippen LogP contribution in [0, 0.1) is 45.8 Å². The number of fused-ring (bicyclic) bond motifs is 6. The van der Waals surface area contributed by atoms with E-state index in [-0.39, 0.29) is 17.1 Å². The molecule has 2 heterocycles. The van der Waals surface area contributed by atoms with E-state index in [4.69, 9.17) is 23.7 Å². The van der Waals surface area contributed by atoms with Crippen molar-refractivity contribution in [3.63, 3.8) is 0 Å². The summed E-state index contributed by atoms with van der Waals surface area (Å²) in [5, 5.41) is 10.5. The van der Waals surface area contributed by atoms with E-state index in [2.05, 4.69) is 38.7 Å². The molecular weight excluding hydrogens is 554 g/mol. The van der Waals surface area contributed by atoms with Crippen molar-refractivity contribution < 1.29 is 28.8 Å². The van der Waals surface area contributed by atoms with Gasteiger partial charge in [0.1, 0.15) is 0 Å². The lowest BCUT2D eigenvalue weighted by molar-refractivity contribution is -0.148. The first-order chi connectivity index (χ1) is 21.2. The van der Waals surface area contributed by atoms with Crippen LogP contribution in [0.3, 0.4) is 0 Å². The van der Waals surface area contributed by atoms with Crippen molar-refractivity contribution >= 4 is 0 Å². The SMILES string of the molecule is COCCOCCOCCOCCN1C[C@@H](C)C[C@H]2OC3(CC[C@H]4[C@@H]5CC=C6C[C@@H](O)CC[C@]6(C)[C@H]5CC45CC53C)[C@H](C)[C@@H]21. The lowest BCUT2D eigenvalue weighted by Crippen LogP contribution is -2.55. The van der Waals surface area contributed by atoms with Crippen molar-refractivity contribution in [2.75, 3.05) is 66.4 Å². The first-order valence-corrected chi connectivity index (χ1v) is 18.2. The maximum atomic E-state index is 10.5. The van der Waals surface area contributed by atoms with Gasteiger partial charge < -0.3 is 28.8 Å². The average Bonchev–Trinajstić information content (AvgIpc) is 3.34. The van der Waals surface area contributed by atoms with Crippen molar-refractivity contribution in [2.24, 2.45) is 45.8 Å². The molecule has 0 bridgehead atoms. The zero-order valence-corrected chi connectivity index (χ0v) is 28.4. The van der Waals surface area contributed by atoms with E-state index >= 15 is 0 Å². The number of allylic oxidation sites excluding steroid dienone is 1. The summed E-state index contributed by atoms with van der Waals surface area (Å²) in [6, 6.07) is 0.496. The second-order valence-corrected chi connectivity index (χ2v) is 16.6. The van der Waals surface area contributed by atoms with Crippen molar-refractivity contribution in [3.8, 4) is 0 Å².